The Morgan fingerprint density at radius 3 is 2.88 bits per heavy atom. The first kappa shape index (κ1) is 11.3. The molecule has 0 aliphatic heterocycles. The molecule has 0 saturated heterocycles. The maximum absolute atomic E-state index is 11.8. The van der Waals surface area contributed by atoms with Crippen LogP contribution >= 0.6 is 11.3 Å². The third-order valence-electron chi connectivity index (χ3n) is 2.49. The van der Waals surface area contributed by atoms with Crippen LogP contribution in [-0.2, 0) is 0 Å². The molecule has 1 aromatic rings. The van der Waals surface area contributed by atoms with Crippen molar-refractivity contribution < 1.29 is 4.79 Å². The summed E-state index contributed by atoms with van der Waals surface area (Å²) < 4.78 is 0. The van der Waals surface area contributed by atoms with E-state index < -0.39 is 0 Å². The lowest BCUT2D eigenvalue weighted by Crippen LogP contribution is -2.33. The Morgan fingerprint density at radius 1 is 1.62 bits per heavy atom. The first-order chi connectivity index (χ1) is 7.66. The Balaban J connectivity index is 1.97. The summed E-state index contributed by atoms with van der Waals surface area (Å²) in [6.45, 7) is 1.86. The molecule has 86 valence electrons. The topological polar surface area (TPSA) is 68.0 Å². The first-order valence-electron chi connectivity index (χ1n) is 5.33. The van der Waals surface area contributed by atoms with Crippen LogP contribution in [0.3, 0.4) is 0 Å². The van der Waals surface area contributed by atoms with E-state index >= 15 is 0 Å². The highest BCUT2D eigenvalue weighted by molar-refractivity contribution is 7.09. The third-order valence-corrected chi connectivity index (χ3v) is 3.53. The van der Waals surface area contributed by atoms with E-state index in [1.54, 1.807) is 5.38 Å². The van der Waals surface area contributed by atoms with Gasteiger partial charge in [0.15, 0.2) is 0 Å². The molecule has 5 heteroatoms. The molecule has 0 radical (unpaired) electrons. The van der Waals surface area contributed by atoms with Crippen LogP contribution < -0.4 is 11.1 Å². The number of carbonyl (C=O) groups is 1. The SMILES string of the molecule is CC(N)c1nc(C(=O)NC2CC=CC2)cs1. The van der Waals surface area contributed by atoms with Crippen molar-refractivity contribution in [1.29, 1.82) is 0 Å². The normalized spacial score (nSPS) is 17.6. The van der Waals surface area contributed by atoms with Gasteiger partial charge in [0.25, 0.3) is 5.91 Å². The molecule has 1 aromatic heterocycles. The Morgan fingerprint density at radius 2 is 2.31 bits per heavy atom. The van der Waals surface area contributed by atoms with Crippen molar-refractivity contribution in [1.82, 2.24) is 10.3 Å². The number of nitrogens with zero attached hydrogens (tertiary/aromatic N) is 1. The zero-order valence-corrected chi connectivity index (χ0v) is 9.96. The highest BCUT2D eigenvalue weighted by Gasteiger charge is 2.17. The fourth-order valence-corrected chi connectivity index (χ4v) is 2.35. The lowest BCUT2D eigenvalue weighted by Gasteiger charge is -2.10. The summed E-state index contributed by atoms with van der Waals surface area (Å²) in [6, 6.07) is 0.118. The van der Waals surface area contributed by atoms with Crippen LogP contribution in [-0.4, -0.2) is 16.9 Å². The number of thiazole rings is 1. The van der Waals surface area contributed by atoms with Gasteiger partial charge in [-0.15, -0.1) is 11.3 Å². The average Bonchev–Trinajstić information content (AvgIpc) is 2.86. The molecule has 4 nitrogen and oxygen atoms in total. The molecular formula is C11H15N3OS. The Hall–Kier alpha value is -1.20. The van der Waals surface area contributed by atoms with Gasteiger partial charge in [0, 0.05) is 11.4 Å². The molecule has 1 aliphatic rings. The zero-order valence-electron chi connectivity index (χ0n) is 9.14. The summed E-state index contributed by atoms with van der Waals surface area (Å²) in [5.74, 6) is -0.100. The zero-order chi connectivity index (χ0) is 11.5. The van der Waals surface area contributed by atoms with Gasteiger partial charge in [0.2, 0.25) is 0 Å². The molecule has 0 fully saturated rings. The van der Waals surface area contributed by atoms with E-state index in [9.17, 15) is 4.79 Å². The quantitative estimate of drug-likeness (QED) is 0.785. The van der Waals surface area contributed by atoms with Gasteiger partial charge in [-0.3, -0.25) is 4.79 Å². The van der Waals surface area contributed by atoms with Crippen LogP contribution in [0.15, 0.2) is 17.5 Å². The molecule has 1 atom stereocenters. The Bertz CT molecular complexity index is 403. The van der Waals surface area contributed by atoms with Crippen LogP contribution in [0.25, 0.3) is 0 Å². The number of amides is 1. The number of carbonyl (C=O) groups excluding carboxylic acids is 1. The Labute approximate surface area is 98.6 Å². The first-order valence-corrected chi connectivity index (χ1v) is 6.21. The second-order valence-corrected chi connectivity index (χ2v) is 4.86. The second-order valence-electron chi connectivity index (χ2n) is 3.97. The molecule has 1 amide bonds. The number of hydrogen-bond donors (Lipinski definition) is 2. The monoisotopic (exact) mass is 237 g/mol. The summed E-state index contributed by atoms with van der Waals surface area (Å²) in [5.41, 5.74) is 6.17. The number of nitrogens with two attached hydrogens (primary N) is 1. The summed E-state index contributed by atoms with van der Waals surface area (Å²) in [4.78, 5) is 16.0. The van der Waals surface area contributed by atoms with Crippen molar-refractivity contribution in [2.24, 2.45) is 5.73 Å². The van der Waals surface area contributed by atoms with Gasteiger partial charge in [-0.2, -0.15) is 0 Å². The number of hydrogen-bond acceptors (Lipinski definition) is 4. The van der Waals surface area contributed by atoms with Crippen molar-refractivity contribution in [2.75, 3.05) is 0 Å². The average molecular weight is 237 g/mol. The fraction of sp³-hybridized carbons (Fsp3) is 0.455. The maximum atomic E-state index is 11.8. The van der Waals surface area contributed by atoms with E-state index in [2.05, 4.69) is 22.5 Å². The molecule has 1 heterocycles. The predicted molar refractivity (Wildman–Crippen MR) is 64.3 cm³/mol. The molecule has 0 spiro atoms. The summed E-state index contributed by atoms with van der Waals surface area (Å²) in [6.07, 6.45) is 5.99. The molecular weight excluding hydrogens is 222 g/mol. The van der Waals surface area contributed by atoms with E-state index in [-0.39, 0.29) is 18.0 Å². The number of rotatable bonds is 3. The minimum absolute atomic E-state index is 0.100. The summed E-state index contributed by atoms with van der Waals surface area (Å²) in [5, 5.41) is 5.51. The van der Waals surface area contributed by atoms with E-state index in [1.165, 1.54) is 11.3 Å². The summed E-state index contributed by atoms with van der Waals surface area (Å²) in [7, 11) is 0. The Kier molecular flexibility index (Phi) is 3.36. The van der Waals surface area contributed by atoms with Gasteiger partial charge in [-0.05, 0) is 19.8 Å². The smallest absolute Gasteiger partial charge is 0.270 e. The predicted octanol–water partition coefficient (Wildman–Crippen LogP) is 1.61. The van der Waals surface area contributed by atoms with Crippen molar-refractivity contribution in [2.45, 2.75) is 31.8 Å². The number of nitrogens with one attached hydrogen (secondary N) is 1. The summed E-state index contributed by atoms with van der Waals surface area (Å²) >= 11 is 1.43. The van der Waals surface area contributed by atoms with Gasteiger partial charge in [-0.25, -0.2) is 4.98 Å². The van der Waals surface area contributed by atoms with E-state index in [0.29, 0.717) is 5.69 Å². The van der Waals surface area contributed by atoms with Crippen molar-refractivity contribution >= 4 is 17.2 Å². The van der Waals surface area contributed by atoms with Crippen molar-refractivity contribution in [3.8, 4) is 0 Å². The third kappa shape index (κ3) is 2.48. The van der Waals surface area contributed by atoms with Crippen LogP contribution in [0.4, 0.5) is 0 Å². The standard InChI is InChI=1S/C11H15N3OS/c1-7(12)11-14-9(6-16-11)10(15)13-8-4-2-3-5-8/h2-3,6-8H,4-5,12H2,1H3,(H,13,15). The molecule has 0 bridgehead atoms. The molecule has 2 rings (SSSR count). The molecule has 0 aromatic carbocycles. The van der Waals surface area contributed by atoms with Gasteiger partial charge >= 0.3 is 0 Å². The van der Waals surface area contributed by atoms with Gasteiger partial charge in [-0.1, -0.05) is 12.2 Å². The molecule has 0 saturated carbocycles. The van der Waals surface area contributed by atoms with Crippen LogP contribution in [0.2, 0.25) is 0 Å². The fourth-order valence-electron chi connectivity index (χ4n) is 1.60. The van der Waals surface area contributed by atoms with Gasteiger partial charge < -0.3 is 11.1 Å². The lowest BCUT2D eigenvalue weighted by molar-refractivity contribution is 0.0934. The van der Waals surface area contributed by atoms with Crippen LogP contribution in [0.5, 0.6) is 0 Å². The van der Waals surface area contributed by atoms with E-state index in [4.69, 9.17) is 5.73 Å². The highest BCUT2D eigenvalue weighted by Crippen LogP contribution is 2.16. The van der Waals surface area contributed by atoms with Gasteiger partial charge in [0.05, 0.1) is 6.04 Å². The van der Waals surface area contributed by atoms with Gasteiger partial charge in [0.1, 0.15) is 10.7 Å². The van der Waals surface area contributed by atoms with E-state index in [1.807, 2.05) is 6.92 Å². The maximum Gasteiger partial charge on any atom is 0.270 e. The number of aromatic nitrogens is 1. The minimum Gasteiger partial charge on any atom is -0.347 e. The van der Waals surface area contributed by atoms with Crippen molar-refractivity contribution in [3.63, 3.8) is 0 Å². The van der Waals surface area contributed by atoms with Crippen LogP contribution in [0, 0.1) is 0 Å². The largest absolute Gasteiger partial charge is 0.347 e. The second kappa shape index (κ2) is 4.76. The van der Waals surface area contributed by atoms with E-state index in [0.717, 1.165) is 17.8 Å². The molecule has 16 heavy (non-hydrogen) atoms. The lowest BCUT2D eigenvalue weighted by atomic mass is 10.2. The highest BCUT2D eigenvalue weighted by atomic mass is 32.1. The molecule has 3 N–H and O–H groups in total. The van der Waals surface area contributed by atoms with Crippen LogP contribution in [0.1, 0.15) is 41.3 Å². The minimum atomic E-state index is -0.111. The van der Waals surface area contributed by atoms with Crippen molar-refractivity contribution in [3.05, 3.63) is 28.2 Å². The molecule has 1 unspecified atom stereocenters. The molecule has 1 aliphatic carbocycles.